The monoisotopic (exact) mass is 451 g/mol. The van der Waals surface area contributed by atoms with E-state index >= 15 is 0 Å². The Hall–Kier alpha value is -2.81. The van der Waals surface area contributed by atoms with E-state index in [1.807, 2.05) is 0 Å². The van der Waals surface area contributed by atoms with Gasteiger partial charge in [-0.25, -0.2) is 9.78 Å². The van der Waals surface area contributed by atoms with E-state index in [9.17, 15) is 27.6 Å². The first-order chi connectivity index (χ1) is 13.6. The van der Waals surface area contributed by atoms with Crippen LogP contribution in [0.4, 0.5) is 18.3 Å². The molecule has 2 amide bonds. The molecule has 2 atom stereocenters. The van der Waals surface area contributed by atoms with Crippen molar-refractivity contribution >= 4 is 51.7 Å². The highest BCUT2D eigenvalue weighted by Gasteiger charge is 2.53. The molecule has 0 radical (unpaired) electrons. The van der Waals surface area contributed by atoms with E-state index in [0.29, 0.717) is 5.75 Å². The number of amides is 2. The zero-order valence-electron chi connectivity index (χ0n) is 14.2. The lowest BCUT2D eigenvalue weighted by Gasteiger charge is -2.48. The number of nitrogen functional groups attached to an aromatic ring is 1. The number of oxime groups is 1. The van der Waals surface area contributed by atoms with Crippen LogP contribution in [0, 0.1) is 0 Å². The molecule has 1 aromatic rings. The van der Waals surface area contributed by atoms with Crippen molar-refractivity contribution in [3.63, 3.8) is 0 Å². The van der Waals surface area contributed by atoms with E-state index < -0.39 is 47.7 Å². The molecule has 2 aliphatic rings. The van der Waals surface area contributed by atoms with Crippen LogP contribution in [0.15, 0.2) is 22.3 Å². The number of nitrogens with one attached hydrogen (secondary N) is 1. The van der Waals surface area contributed by atoms with E-state index in [-0.39, 0.29) is 16.5 Å². The number of hydrogen-bond acceptors (Lipinski definition) is 9. The summed E-state index contributed by atoms with van der Waals surface area (Å²) in [6, 6.07) is -1.08. The number of fused-ring (bicyclic) bond motifs is 1. The lowest BCUT2D eigenvalue weighted by molar-refractivity contribution is -0.174. The fourth-order valence-corrected chi connectivity index (χ4v) is 4.26. The minimum Gasteiger partial charge on any atom is -0.477 e. The first kappa shape index (κ1) is 20.9. The van der Waals surface area contributed by atoms with Gasteiger partial charge in [-0.15, -0.1) is 23.1 Å². The van der Waals surface area contributed by atoms with Crippen molar-refractivity contribution in [1.29, 1.82) is 0 Å². The fourth-order valence-electron chi connectivity index (χ4n) is 2.52. The molecule has 10 nitrogen and oxygen atoms in total. The third kappa shape index (κ3) is 4.45. The lowest BCUT2D eigenvalue weighted by atomic mass is 10.0. The number of carboxylic acids is 1. The summed E-state index contributed by atoms with van der Waals surface area (Å²) < 4.78 is 36.9. The van der Waals surface area contributed by atoms with Crippen molar-refractivity contribution in [3.05, 3.63) is 22.8 Å². The predicted octanol–water partition coefficient (Wildman–Crippen LogP) is 0.377. The number of carbonyl (C=O) groups excluding carboxylic acids is 2. The molecule has 1 fully saturated rings. The van der Waals surface area contributed by atoms with Gasteiger partial charge in [0.15, 0.2) is 10.8 Å². The van der Waals surface area contributed by atoms with E-state index in [1.54, 1.807) is 0 Å². The standard InChI is InChI=1S/C14H12F3N5O5S2/c15-14(16,17)4-27-21-7(5-3-29-13(18)19-5)9(23)20-8-10(24)22-6(12(25)26)1-2-28-11(8)22/h1,3,8,11H,2,4H2,(H2,18,19)(H,20,23)(H,25,26)/b21-7-/t8?,11-/m1/s1. The topological polar surface area (TPSA) is 147 Å². The zero-order chi connectivity index (χ0) is 21.3. The maximum absolute atomic E-state index is 12.6. The van der Waals surface area contributed by atoms with Crippen molar-refractivity contribution in [2.24, 2.45) is 5.16 Å². The number of alkyl halides is 3. The first-order valence-corrected chi connectivity index (χ1v) is 9.68. The molecule has 156 valence electrons. The van der Waals surface area contributed by atoms with E-state index in [4.69, 9.17) is 10.8 Å². The Bertz CT molecular complexity index is 916. The molecular formula is C14H12F3N5O5S2. The van der Waals surface area contributed by atoms with Crippen LogP contribution in [-0.2, 0) is 19.2 Å². The maximum atomic E-state index is 12.6. The molecule has 2 aliphatic heterocycles. The number of aliphatic carboxylic acids is 1. The number of aromatic nitrogens is 1. The average molecular weight is 451 g/mol. The van der Waals surface area contributed by atoms with Gasteiger partial charge >= 0.3 is 12.1 Å². The van der Waals surface area contributed by atoms with Crippen LogP contribution in [0.1, 0.15) is 5.69 Å². The maximum Gasteiger partial charge on any atom is 0.425 e. The Balaban J connectivity index is 1.75. The van der Waals surface area contributed by atoms with Gasteiger partial charge in [-0.1, -0.05) is 5.16 Å². The molecule has 29 heavy (non-hydrogen) atoms. The van der Waals surface area contributed by atoms with Crippen LogP contribution in [0.25, 0.3) is 0 Å². The Morgan fingerprint density at radius 3 is 2.79 bits per heavy atom. The van der Waals surface area contributed by atoms with Crippen LogP contribution in [-0.4, -0.2) is 68.4 Å². The molecule has 3 rings (SSSR count). The number of rotatable bonds is 6. The second-order valence-corrected chi connectivity index (χ2v) is 7.72. The highest BCUT2D eigenvalue weighted by Crippen LogP contribution is 2.37. The molecule has 0 aliphatic carbocycles. The van der Waals surface area contributed by atoms with Crippen molar-refractivity contribution in [2.75, 3.05) is 18.1 Å². The van der Waals surface area contributed by atoms with Crippen LogP contribution in [0.5, 0.6) is 0 Å². The number of nitrogens with two attached hydrogens (primary N) is 1. The number of halogens is 3. The summed E-state index contributed by atoms with van der Waals surface area (Å²) in [5, 5.41) is 15.4. The third-order valence-electron chi connectivity index (χ3n) is 3.72. The predicted molar refractivity (Wildman–Crippen MR) is 95.8 cm³/mol. The van der Waals surface area contributed by atoms with Gasteiger partial charge < -0.3 is 21.0 Å². The number of β-lactam (4-membered cyclic amide) rings is 1. The molecule has 0 bridgehead atoms. The molecule has 4 N–H and O–H groups in total. The SMILES string of the molecule is Nc1nc(/C(=N/OCC(F)(F)F)C(=O)NC2C(=O)N3C(C(=O)O)=CCS[C@H]23)cs1. The van der Waals surface area contributed by atoms with Gasteiger partial charge in [0, 0.05) is 11.1 Å². The lowest BCUT2D eigenvalue weighted by Crippen LogP contribution is -2.70. The number of carbonyl (C=O) groups is 3. The zero-order valence-corrected chi connectivity index (χ0v) is 15.8. The number of thioether (sulfide) groups is 1. The molecular weight excluding hydrogens is 439 g/mol. The van der Waals surface area contributed by atoms with Gasteiger partial charge in [0.1, 0.15) is 22.8 Å². The Morgan fingerprint density at radius 2 is 2.21 bits per heavy atom. The van der Waals surface area contributed by atoms with E-state index in [0.717, 1.165) is 16.2 Å². The van der Waals surface area contributed by atoms with Crippen LogP contribution < -0.4 is 11.1 Å². The number of carboxylic acid groups (broad SMARTS) is 1. The number of nitrogens with zero attached hydrogens (tertiary/aromatic N) is 3. The smallest absolute Gasteiger partial charge is 0.425 e. The van der Waals surface area contributed by atoms with E-state index in [2.05, 4.69) is 20.3 Å². The fraction of sp³-hybridized carbons (Fsp3) is 0.357. The first-order valence-electron chi connectivity index (χ1n) is 7.75. The van der Waals surface area contributed by atoms with Gasteiger partial charge in [-0.3, -0.25) is 14.5 Å². The summed E-state index contributed by atoms with van der Waals surface area (Å²) >= 11 is 2.14. The van der Waals surface area contributed by atoms with Gasteiger partial charge in [-0.05, 0) is 6.08 Å². The highest BCUT2D eigenvalue weighted by atomic mass is 32.2. The summed E-state index contributed by atoms with van der Waals surface area (Å²) in [4.78, 5) is 45.1. The van der Waals surface area contributed by atoms with Crippen molar-refractivity contribution in [2.45, 2.75) is 17.6 Å². The molecule has 0 aromatic carbocycles. The third-order valence-corrected chi connectivity index (χ3v) is 5.57. The number of hydrogen-bond donors (Lipinski definition) is 3. The number of thiazole rings is 1. The summed E-state index contributed by atoms with van der Waals surface area (Å²) in [6.07, 6.45) is -3.30. The Labute approximate surface area is 168 Å². The summed E-state index contributed by atoms with van der Waals surface area (Å²) in [6.45, 7) is -1.73. The Kier molecular flexibility index (Phi) is 5.70. The second kappa shape index (κ2) is 7.90. The average Bonchev–Trinajstić information content (AvgIpc) is 3.07. The van der Waals surface area contributed by atoms with Crippen LogP contribution >= 0.6 is 23.1 Å². The largest absolute Gasteiger partial charge is 0.477 e. The van der Waals surface area contributed by atoms with Gasteiger partial charge in [0.05, 0.1) is 0 Å². The molecule has 3 heterocycles. The molecule has 0 spiro atoms. The molecule has 1 unspecified atom stereocenters. The minimum atomic E-state index is -4.67. The van der Waals surface area contributed by atoms with Crippen molar-refractivity contribution in [1.82, 2.24) is 15.2 Å². The van der Waals surface area contributed by atoms with Crippen molar-refractivity contribution < 1.29 is 37.5 Å². The molecule has 1 saturated heterocycles. The van der Waals surface area contributed by atoms with Gasteiger partial charge in [-0.2, -0.15) is 13.2 Å². The van der Waals surface area contributed by atoms with Gasteiger partial charge in [0.25, 0.3) is 11.8 Å². The van der Waals surface area contributed by atoms with Gasteiger partial charge in [0.2, 0.25) is 6.61 Å². The molecule has 15 heteroatoms. The van der Waals surface area contributed by atoms with Crippen LogP contribution in [0.3, 0.4) is 0 Å². The summed E-state index contributed by atoms with van der Waals surface area (Å²) in [5.74, 6) is -2.66. The summed E-state index contributed by atoms with van der Waals surface area (Å²) in [7, 11) is 0. The Morgan fingerprint density at radius 1 is 1.48 bits per heavy atom. The number of anilines is 1. The molecule has 0 saturated carbocycles. The van der Waals surface area contributed by atoms with Crippen molar-refractivity contribution in [3.8, 4) is 0 Å². The minimum absolute atomic E-state index is 0.0429. The van der Waals surface area contributed by atoms with Crippen LogP contribution in [0.2, 0.25) is 0 Å². The second-order valence-electron chi connectivity index (χ2n) is 5.68. The highest BCUT2D eigenvalue weighted by molar-refractivity contribution is 8.00. The molecule has 1 aromatic heterocycles. The van der Waals surface area contributed by atoms with E-state index in [1.165, 1.54) is 23.2 Å². The normalized spacial score (nSPS) is 21.8. The quantitative estimate of drug-likeness (QED) is 0.319. The summed E-state index contributed by atoms with van der Waals surface area (Å²) in [5.41, 5.74) is 4.56.